The molecule has 1 aromatic heterocycles. The summed E-state index contributed by atoms with van der Waals surface area (Å²) in [5.74, 6) is 0.338. The van der Waals surface area contributed by atoms with Crippen molar-refractivity contribution in [2.24, 2.45) is 5.92 Å². The fourth-order valence-electron chi connectivity index (χ4n) is 2.88. The zero-order chi connectivity index (χ0) is 15.4. The van der Waals surface area contributed by atoms with Crippen molar-refractivity contribution in [3.8, 4) is 0 Å². The maximum absolute atomic E-state index is 12.3. The van der Waals surface area contributed by atoms with Crippen molar-refractivity contribution < 1.29 is 9.00 Å². The number of carbonyl (C=O) groups excluding carboxylic acids is 1. The molecule has 1 aromatic rings. The minimum absolute atomic E-state index is 0.0591. The molecule has 1 saturated carbocycles. The smallest absolute Gasteiger partial charge is 0.235 e. The molecular weight excluding hydrogens is 308 g/mol. The number of amides is 1. The van der Waals surface area contributed by atoms with Gasteiger partial charge in [-0.05, 0) is 30.9 Å². The molecule has 0 aromatic carbocycles. The van der Waals surface area contributed by atoms with E-state index in [0.717, 1.165) is 19.3 Å². The van der Waals surface area contributed by atoms with Gasteiger partial charge in [0.1, 0.15) is 10.8 Å². The molecule has 3 unspecified atom stereocenters. The molecule has 1 fully saturated rings. The highest BCUT2D eigenvalue weighted by Gasteiger charge is 2.28. The Kier molecular flexibility index (Phi) is 5.76. The van der Waals surface area contributed by atoms with Crippen LogP contribution >= 0.6 is 11.6 Å². The third kappa shape index (κ3) is 4.04. The average Bonchev–Trinajstić information content (AvgIpc) is 2.47. The van der Waals surface area contributed by atoms with Gasteiger partial charge in [0, 0.05) is 19.3 Å². The van der Waals surface area contributed by atoms with Gasteiger partial charge in [-0.2, -0.15) is 0 Å². The zero-order valence-corrected chi connectivity index (χ0v) is 14.0. The molecule has 0 radical (unpaired) electrons. The summed E-state index contributed by atoms with van der Waals surface area (Å²) < 4.78 is 12.3. The summed E-state index contributed by atoms with van der Waals surface area (Å²) >= 11 is 5.97. The van der Waals surface area contributed by atoms with E-state index in [4.69, 9.17) is 11.6 Å². The molecule has 1 aliphatic rings. The summed E-state index contributed by atoms with van der Waals surface area (Å²) in [6, 6.07) is 3.57. The van der Waals surface area contributed by atoms with Crippen molar-refractivity contribution in [3.05, 3.63) is 23.4 Å². The molecule has 1 amide bonds. The molecule has 4 nitrogen and oxygen atoms in total. The van der Waals surface area contributed by atoms with Gasteiger partial charge in [0.25, 0.3) is 0 Å². The first kappa shape index (κ1) is 16.4. The largest absolute Gasteiger partial charge is 0.342 e. The lowest BCUT2D eigenvalue weighted by Crippen LogP contribution is -2.44. The molecule has 0 spiro atoms. The first-order chi connectivity index (χ1) is 10.0. The van der Waals surface area contributed by atoms with Gasteiger partial charge in [-0.3, -0.25) is 9.00 Å². The highest BCUT2D eigenvalue weighted by Crippen LogP contribution is 2.27. The number of hydrogen-bond donors (Lipinski definition) is 0. The van der Waals surface area contributed by atoms with Gasteiger partial charge in [-0.15, -0.1) is 0 Å². The Labute approximate surface area is 133 Å². The van der Waals surface area contributed by atoms with E-state index in [9.17, 15) is 9.00 Å². The van der Waals surface area contributed by atoms with Crippen molar-refractivity contribution >= 4 is 28.3 Å². The maximum Gasteiger partial charge on any atom is 0.235 e. The van der Waals surface area contributed by atoms with E-state index in [-0.39, 0.29) is 22.7 Å². The standard InChI is InChI=1S/C15H21ClN2O2S/c1-11-6-3-4-8-13(11)18(2)14(19)10-21(20)15-12(16)7-5-9-17-15/h5,7,9,11,13H,3-4,6,8,10H2,1-2H3. The third-order valence-corrected chi connectivity index (χ3v) is 5.83. The molecule has 6 heteroatoms. The molecule has 2 rings (SSSR count). The molecule has 0 N–H and O–H groups in total. The van der Waals surface area contributed by atoms with Crippen molar-refractivity contribution in [1.82, 2.24) is 9.88 Å². The molecule has 0 bridgehead atoms. The van der Waals surface area contributed by atoms with E-state index in [1.165, 1.54) is 12.6 Å². The Hall–Kier alpha value is -0.940. The van der Waals surface area contributed by atoms with E-state index >= 15 is 0 Å². The van der Waals surface area contributed by atoms with Gasteiger partial charge in [0.15, 0.2) is 0 Å². The molecular formula is C15H21ClN2O2S. The van der Waals surface area contributed by atoms with E-state index in [1.807, 2.05) is 7.05 Å². The minimum Gasteiger partial charge on any atom is -0.342 e. The van der Waals surface area contributed by atoms with Crippen LogP contribution in [0, 0.1) is 5.92 Å². The fourth-order valence-corrected chi connectivity index (χ4v) is 4.29. The number of nitrogens with zero attached hydrogens (tertiary/aromatic N) is 2. The summed E-state index contributed by atoms with van der Waals surface area (Å²) in [6.07, 6.45) is 6.10. The van der Waals surface area contributed by atoms with Crippen LogP contribution in [0.15, 0.2) is 23.4 Å². The number of pyridine rings is 1. The Bertz CT molecular complexity index is 538. The predicted octanol–water partition coefficient (Wildman–Crippen LogP) is 2.88. The number of halogens is 1. The Morgan fingerprint density at radius 1 is 1.48 bits per heavy atom. The highest BCUT2D eigenvalue weighted by molar-refractivity contribution is 7.85. The summed E-state index contributed by atoms with van der Waals surface area (Å²) in [7, 11) is 0.316. The Morgan fingerprint density at radius 2 is 2.19 bits per heavy atom. The molecule has 1 heterocycles. The van der Waals surface area contributed by atoms with Crippen LogP contribution in [-0.2, 0) is 15.6 Å². The SMILES string of the molecule is CC1CCCCC1N(C)C(=O)CS(=O)c1ncccc1Cl. The highest BCUT2D eigenvalue weighted by atomic mass is 35.5. The lowest BCUT2D eigenvalue weighted by molar-refractivity contribution is -0.130. The molecule has 0 saturated heterocycles. The molecule has 1 aliphatic carbocycles. The maximum atomic E-state index is 12.3. The Balaban J connectivity index is 2.00. The minimum atomic E-state index is -1.50. The van der Waals surface area contributed by atoms with Crippen LogP contribution in [0.25, 0.3) is 0 Å². The summed E-state index contributed by atoms with van der Waals surface area (Å²) in [6.45, 7) is 2.18. The predicted molar refractivity (Wildman–Crippen MR) is 84.7 cm³/mol. The van der Waals surface area contributed by atoms with Crippen LogP contribution in [0.4, 0.5) is 0 Å². The van der Waals surface area contributed by atoms with Crippen LogP contribution < -0.4 is 0 Å². The second-order valence-electron chi connectivity index (χ2n) is 5.61. The molecule has 21 heavy (non-hydrogen) atoms. The first-order valence-corrected chi connectivity index (χ1v) is 8.95. The van der Waals surface area contributed by atoms with Gasteiger partial charge < -0.3 is 4.90 Å². The van der Waals surface area contributed by atoms with Gasteiger partial charge in [-0.1, -0.05) is 31.4 Å². The number of hydrogen-bond acceptors (Lipinski definition) is 3. The normalized spacial score (nSPS) is 23.6. The van der Waals surface area contributed by atoms with E-state index in [2.05, 4.69) is 11.9 Å². The lowest BCUT2D eigenvalue weighted by atomic mass is 9.85. The van der Waals surface area contributed by atoms with Gasteiger partial charge in [-0.25, -0.2) is 4.98 Å². The van der Waals surface area contributed by atoms with Crippen molar-refractivity contribution in [1.29, 1.82) is 0 Å². The summed E-state index contributed by atoms with van der Waals surface area (Å²) in [5.41, 5.74) is 0. The topological polar surface area (TPSA) is 50.3 Å². The first-order valence-electron chi connectivity index (χ1n) is 7.25. The summed E-state index contributed by atoms with van der Waals surface area (Å²) in [5, 5.41) is 0.634. The van der Waals surface area contributed by atoms with Gasteiger partial charge in [0.05, 0.1) is 15.8 Å². The van der Waals surface area contributed by atoms with Crippen LogP contribution in [-0.4, -0.2) is 38.8 Å². The second-order valence-corrected chi connectivity index (χ2v) is 7.39. The van der Waals surface area contributed by atoms with Crippen LogP contribution in [0.2, 0.25) is 5.02 Å². The van der Waals surface area contributed by atoms with Crippen LogP contribution in [0.3, 0.4) is 0 Å². The monoisotopic (exact) mass is 328 g/mol. The van der Waals surface area contributed by atoms with Gasteiger partial charge in [0.2, 0.25) is 5.91 Å². The Morgan fingerprint density at radius 3 is 2.86 bits per heavy atom. The number of rotatable bonds is 4. The third-order valence-electron chi connectivity index (χ3n) is 4.15. The van der Waals surface area contributed by atoms with Gasteiger partial charge >= 0.3 is 0 Å². The van der Waals surface area contributed by atoms with E-state index in [0.29, 0.717) is 10.9 Å². The zero-order valence-electron chi connectivity index (χ0n) is 12.4. The van der Waals surface area contributed by atoms with E-state index in [1.54, 1.807) is 17.0 Å². The van der Waals surface area contributed by atoms with Crippen LogP contribution in [0.5, 0.6) is 0 Å². The van der Waals surface area contributed by atoms with Crippen molar-refractivity contribution in [2.75, 3.05) is 12.8 Å². The second kappa shape index (κ2) is 7.36. The molecule has 0 aliphatic heterocycles. The lowest BCUT2D eigenvalue weighted by Gasteiger charge is -2.36. The average molecular weight is 329 g/mol. The molecule has 116 valence electrons. The quantitative estimate of drug-likeness (QED) is 0.854. The molecule has 3 atom stereocenters. The van der Waals surface area contributed by atoms with Crippen molar-refractivity contribution in [3.63, 3.8) is 0 Å². The number of aromatic nitrogens is 1. The van der Waals surface area contributed by atoms with E-state index < -0.39 is 10.8 Å². The van der Waals surface area contributed by atoms with Crippen LogP contribution in [0.1, 0.15) is 32.6 Å². The summed E-state index contributed by atoms with van der Waals surface area (Å²) in [4.78, 5) is 18.1. The van der Waals surface area contributed by atoms with Crippen molar-refractivity contribution in [2.45, 2.75) is 43.7 Å². The fraction of sp³-hybridized carbons (Fsp3) is 0.600. The number of carbonyl (C=O) groups is 1.